The van der Waals surface area contributed by atoms with Gasteiger partial charge in [0.25, 0.3) is 0 Å². The number of thiophene rings is 1. The highest BCUT2D eigenvalue weighted by Gasteiger charge is 2.03. The molecule has 80 valence electrons. The second kappa shape index (κ2) is 7.32. The zero-order chi connectivity index (χ0) is 10.2. The van der Waals surface area contributed by atoms with Crippen LogP contribution in [0.1, 0.15) is 24.6 Å². The number of rotatable bonds is 7. The third kappa shape index (κ3) is 4.49. The molecule has 0 aliphatic rings. The van der Waals surface area contributed by atoms with Crippen LogP contribution >= 0.6 is 24.0 Å². The summed E-state index contributed by atoms with van der Waals surface area (Å²) in [5.41, 5.74) is 0. The van der Waals surface area contributed by atoms with E-state index in [1.807, 2.05) is 11.3 Å². The topological polar surface area (TPSA) is 3.24 Å². The van der Waals surface area contributed by atoms with E-state index in [-0.39, 0.29) is 0 Å². The molecule has 0 radical (unpaired) electrons. The van der Waals surface area contributed by atoms with Gasteiger partial charge in [-0.1, -0.05) is 13.0 Å². The van der Waals surface area contributed by atoms with E-state index in [1.165, 1.54) is 24.3 Å². The van der Waals surface area contributed by atoms with Gasteiger partial charge >= 0.3 is 0 Å². The van der Waals surface area contributed by atoms with Crippen LogP contribution in [0, 0.1) is 0 Å². The fourth-order valence-electron chi connectivity index (χ4n) is 1.42. The fraction of sp³-hybridized carbons (Fsp3) is 0.636. The highest BCUT2D eigenvalue weighted by molar-refractivity contribution is 7.80. The lowest BCUT2D eigenvalue weighted by Gasteiger charge is -2.19. The van der Waals surface area contributed by atoms with Crippen molar-refractivity contribution in [2.24, 2.45) is 0 Å². The average molecular weight is 229 g/mol. The van der Waals surface area contributed by atoms with Gasteiger partial charge in [-0.25, -0.2) is 0 Å². The summed E-state index contributed by atoms with van der Waals surface area (Å²) >= 11 is 6.07. The third-order valence-electron chi connectivity index (χ3n) is 2.29. The van der Waals surface area contributed by atoms with Gasteiger partial charge in [-0.2, -0.15) is 12.6 Å². The summed E-state index contributed by atoms with van der Waals surface area (Å²) in [6, 6.07) is 4.34. The minimum atomic E-state index is 1.01. The first-order valence-corrected chi connectivity index (χ1v) is 6.73. The van der Waals surface area contributed by atoms with Gasteiger partial charge in [0.05, 0.1) is 0 Å². The Labute approximate surface area is 96.5 Å². The maximum atomic E-state index is 4.22. The van der Waals surface area contributed by atoms with Gasteiger partial charge < -0.3 is 0 Å². The van der Waals surface area contributed by atoms with E-state index in [0.717, 1.165) is 18.8 Å². The molecule has 0 aromatic carbocycles. The molecule has 1 aromatic rings. The summed E-state index contributed by atoms with van der Waals surface area (Å²) in [6.07, 6.45) is 2.49. The van der Waals surface area contributed by atoms with Crippen LogP contribution < -0.4 is 0 Å². The van der Waals surface area contributed by atoms with E-state index in [1.54, 1.807) is 0 Å². The number of unbranched alkanes of at least 4 members (excludes halogenated alkanes) is 1. The molecule has 0 amide bonds. The molecule has 0 aliphatic carbocycles. The summed E-state index contributed by atoms with van der Waals surface area (Å²) in [5.74, 6) is 1.01. The molecule has 0 atom stereocenters. The molecule has 3 heteroatoms. The molecule has 1 heterocycles. The number of hydrogen-bond acceptors (Lipinski definition) is 3. The number of hydrogen-bond donors (Lipinski definition) is 1. The molecule has 0 saturated carbocycles. The molecular formula is C11H19NS2. The summed E-state index contributed by atoms with van der Waals surface area (Å²) in [5, 5.41) is 2.15. The number of nitrogens with zero attached hydrogens (tertiary/aromatic N) is 1. The molecular weight excluding hydrogens is 210 g/mol. The average Bonchev–Trinajstić information content (AvgIpc) is 2.69. The molecule has 1 rings (SSSR count). The Bertz CT molecular complexity index is 221. The molecule has 0 bridgehead atoms. The van der Waals surface area contributed by atoms with Crippen molar-refractivity contribution in [3.05, 3.63) is 22.4 Å². The van der Waals surface area contributed by atoms with Crippen LogP contribution in [-0.2, 0) is 6.54 Å². The van der Waals surface area contributed by atoms with E-state index in [4.69, 9.17) is 0 Å². The molecule has 1 nitrogen and oxygen atoms in total. The van der Waals surface area contributed by atoms with Crippen molar-refractivity contribution in [1.82, 2.24) is 4.90 Å². The minimum Gasteiger partial charge on any atom is -0.299 e. The van der Waals surface area contributed by atoms with Gasteiger partial charge in [-0.05, 0) is 43.1 Å². The Morgan fingerprint density at radius 3 is 2.86 bits per heavy atom. The van der Waals surface area contributed by atoms with Gasteiger partial charge in [-0.3, -0.25) is 4.90 Å². The summed E-state index contributed by atoms with van der Waals surface area (Å²) < 4.78 is 0. The molecule has 14 heavy (non-hydrogen) atoms. The van der Waals surface area contributed by atoms with E-state index in [2.05, 4.69) is 42.0 Å². The van der Waals surface area contributed by atoms with Gasteiger partial charge in [0.2, 0.25) is 0 Å². The highest BCUT2D eigenvalue weighted by Crippen LogP contribution is 2.12. The van der Waals surface area contributed by atoms with Crippen LogP contribution in [0.4, 0.5) is 0 Å². The van der Waals surface area contributed by atoms with Crippen molar-refractivity contribution in [2.45, 2.75) is 26.3 Å². The second-order valence-electron chi connectivity index (χ2n) is 3.38. The van der Waals surface area contributed by atoms with Crippen LogP contribution in [0.25, 0.3) is 0 Å². The van der Waals surface area contributed by atoms with Crippen molar-refractivity contribution >= 4 is 24.0 Å². The molecule has 0 fully saturated rings. The van der Waals surface area contributed by atoms with Crippen molar-refractivity contribution in [3.8, 4) is 0 Å². The van der Waals surface area contributed by atoms with Gasteiger partial charge in [0.15, 0.2) is 0 Å². The smallest absolute Gasteiger partial charge is 0.0327 e. The van der Waals surface area contributed by atoms with Crippen molar-refractivity contribution in [3.63, 3.8) is 0 Å². The standard InChI is InChI=1S/C11H19NS2/c1-2-12(7-3-4-8-13)10-11-6-5-9-14-11/h5-6,9,13H,2-4,7-8,10H2,1H3. The van der Waals surface area contributed by atoms with E-state index in [9.17, 15) is 0 Å². The fourth-order valence-corrected chi connectivity index (χ4v) is 2.39. The predicted octanol–water partition coefficient (Wildman–Crippen LogP) is 3.28. The Balaban J connectivity index is 2.24. The Morgan fingerprint density at radius 1 is 1.43 bits per heavy atom. The van der Waals surface area contributed by atoms with Crippen LogP contribution in [0.3, 0.4) is 0 Å². The maximum Gasteiger partial charge on any atom is 0.0327 e. The Hall–Kier alpha value is 0.01000. The highest BCUT2D eigenvalue weighted by atomic mass is 32.1. The first kappa shape index (κ1) is 12.1. The van der Waals surface area contributed by atoms with Gasteiger partial charge in [-0.15, -0.1) is 11.3 Å². The first-order valence-electron chi connectivity index (χ1n) is 5.22. The quantitative estimate of drug-likeness (QED) is 0.555. The summed E-state index contributed by atoms with van der Waals surface area (Å²) in [6.45, 7) is 5.69. The van der Waals surface area contributed by atoms with Crippen LogP contribution in [0.2, 0.25) is 0 Å². The van der Waals surface area contributed by atoms with Crippen molar-refractivity contribution in [1.29, 1.82) is 0 Å². The molecule has 1 aromatic heterocycles. The van der Waals surface area contributed by atoms with E-state index >= 15 is 0 Å². The monoisotopic (exact) mass is 229 g/mol. The first-order chi connectivity index (χ1) is 6.86. The lowest BCUT2D eigenvalue weighted by molar-refractivity contribution is 0.278. The lowest BCUT2D eigenvalue weighted by Crippen LogP contribution is -2.23. The zero-order valence-corrected chi connectivity index (χ0v) is 10.5. The number of thiol groups is 1. The molecule has 0 aliphatic heterocycles. The molecule has 0 saturated heterocycles. The predicted molar refractivity (Wildman–Crippen MR) is 68.4 cm³/mol. The van der Waals surface area contributed by atoms with Gasteiger partial charge in [0, 0.05) is 11.4 Å². The second-order valence-corrected chi connectivity index (χ2v) is 4.86. The molecule has 0 N–H and O–H groups in total. The zero-order valence-electron chi connectivity index (χ0n) is 8.78. The normalized spacial score (nSPS) is 11.1. The maximum absolute atomic E-state index is 4.22. The minimum absolute atomic E-state index is 1.01. The summed E-state index contributed by atoms with van der Waals surface area (Å²) in [7, 11) is 0. The van der Waals surface area contributed by atoms with Crippen molar-refractivity contribution < 1.29 is 0 Å². The lowest BCUT2D eigenvalue weighted by atomic mass is 10.3. The van der Waals surface area contributed by atoms with Crippen LogP contribution in [0.15, 0.2) is 17.5 Å². The Morgan fingerprint density at radius 2 is 2.29 bits per heavy atom. The third-order valence-corrected chi connectivity index (χ3v) is 3.47. The van der Waals surface area contributed by atoms with Crippen LogP contribution in [-0.4, -0.2) is 23.7 Å². The van der Waals surface area contributed by atoms with Crippen LogP contribution in [0.5, 0.6) is 0 Å². The molecule has 0 spiro atoms. The van der Waals surface area contributed by atoms with E-state index < -0.39 is 0 Å². The Kier molecular flexibility index (Phi) is 6.32. The largest absolute Gasteiger partial charge is 0.299 e. The van der Waals surface area contributed by atoms with Crippen molar-refractivity contribution in [2.75, 3.05) is 18.8 Å². The van der Waals surface area contributed by atoms with E-state index in [0.29, 0.717) is 0 Å². The summed E-state index contributed by atoms with van der Waals surface area (Å²) in [4.78, 5) is 3.97. The van der Waals surface area contributed by atoms with Gasteiger partial charge in [0.1, 0.15) is 0 Å². The SMILES string of the molecule is CCN(CCCCS)Cc1cccs1. The molecule has 0 unspecified atom stereocenters.